The van der Waals surface area contributed by atoms with Crippen LogP contribution in [0.15, 0.2) is 36.4 Å². The fourth-order valence-corrected chi connectivity index (χ4v) is 2.95. The Morgan fingerprint density at radius 3 is 2.74 bits per heavy atom. The SMILES string of the molecule is COc1ccccc1NC(=O)N1CCCC(Oc2ccc(N(C)C)nn2)C1. The van der Waals surface area contributed by atoms with Gasteiger partial charge in [-0.25, -0.2) is 4.79 Å². The van der Waals surface area contributed by atoms with Gasteiger partial charge in [0, 0.05) is 26.7 Å². The Morgan fingerprint density at radius 2 is 2.04 bits per heavy atom. The number of amides is 2. The minimum Gasteiger partial charge on any atom is -0.495 e. The molecule has 2 aromatic rings. The van der Waals surface area contributed by atoms with Crippen LogP contribution in [0.25, 0.3) is 0 Å². The summed E-state index contributed by atoms with van der Waals surface area (Å²) in [6.45, 7) is 1.18. The summed E-state index contributed by atoms with van der Waals surface area (Å²) < 4.78 is 11.2. The molecule has 8 heteroatoms. The van der Waals surface area contributed by atoms with Gasteiger partial charge in [0.05, 0.1) is 19.3 Å². The van der Waals surface area contributed by atoms with Gasteiger partial charge in [0.2, 0.25) is 5.88 Å². The molecular formula is C19H25N5O3. The number of methoxy groups -OCH3 is 1. The lowest BCUT2D eigenvalue weighted by molar-refractivity contribution is 0.102. The number of hydrogen-bond donors (Lipinski definition) is 1. The maximum absolute atomic E-state index is 12.6. The summed E-state index contributed by atoms with van der Waals surface area (Å²) in [7, 11) is 5.40. The maximum atomic E-state index is 12.6. The van der Waals surface area contributed by atoms with E-state index < -0.39 is 0 Å². The number of nitrogens with one attached hydrogen (secondary N) is 1. The molecule has 8 nitrogen and oxygen atoms in total. The molecule has 0 saturated carbocycles. The molecule has 1 fully saturated rings. The Kier molecular flexibility index (Phi) is 5.95. The summed E-state index contributed by atoms with van der Waals surface area (Å²) >= 11 is 0. The molecule has 1 aromatic carbocycles. The van der Waals surface area contributed by atoms with Crippen LogP contribution in [0.2, 0.25) is 0 Å². The van der Waals surface area contributed by atoms with E-state index in [0.717, 1.165) is 18.7 Å². The molecule has 1 aliphatic heterocycles. The molecule has 0 aliphatic carbocycles. The monoisotopic (exact) mass is 371 g/mol. The number of nitrogens with zero attached hydrogens (tertiary/aromatic N) is 4. The van der Waals surface area contributed by atoms with Crippen LogP contribution in [0.1, 0.15) is 12.8 Å². The maximum Gasteiger partial charge on any atom is 0.322 e. The molecule has 0 spiro atoms. The molecule has 2 heterocycles. The van der Waals surface area contributed by atoms with Crippen LogP contribution in [0.5, 0.6) is 11.6 Å². The molecule has 1 saturated heterocycles. The van der Waals surface area contributed by atoms with Gasteiger partial charge >= 0.3 is 6.03 Å². The summed E-state index contributed by atoms with van der Waals surface area (Å²) in [4.78, 5) is 16.3. The van der Waals surface area contributed by atoms with Gasteiger partial charge in [0.25, 0.3) is 0 Å². The third-order valence-corrected chi connectivity index (χ3v) is 4.39. The number of likely N-dealkylation sites (tertiary alicyclic amines) is 1. The van der Waals surface area contributed by atoms with Crippen molar-refractivity contribution < 1.29 is 14.3 Å². The Labute approximate surface area is 159 Å². The number of anilines is 2. The molecule has 0 radical (unpaired) electrons. The zero-order chi connectivity index (χ0) is 19.2. The number of rotatable bonds is 5. The standard InChI is InChI=1S/C19H25N5O3/c1-23(2)17-10-11-18(22-21-17)27-14-7-6-12-24(13-14)19(25)20-15-8-4-5-9-16(15)26-3/h4-5,8-11,14H,6-7,12-13H2,1-3H3,(H,20,25). The summed E-state index contributed by atoms with van der Waals surface area (Å²) in [5.74, 6) is 1.87. The second kappa shape index (κ2) is 8.57. The van der Waals surface area contributed by atoms with E-state index >= 15 is 0 Å². The fraction of sp³-hybridized carbons (Fsp3) is 0.421. The van der Waals surface area contributed by atoms with E-state index in [0.29, 0.717) is 30.4 Å². The van der Waals surface area contributed by atoms with E-state index in [1.807, 2.05) is 49.3 Å². The van der Waals surface area contributed by atoms with E-state index in [4.69, 9.17) is 9.47 Å². The van der Waals surface area contributed by atoms with Crippen molar-refractivity contribution in [2.75, 3.05) is 44.5 Å². The minimum atomic E-state index is -0.165. The average Bonchev–Trinajstić information content (AvgIpc) is 2.69. The van der Waals surface area contributed by atoms with Gasteiger partial charge < -0.3 is 24.6 Å². The van der Waals surface area contributed by atoms with Crippen LogP contribution < -0.4 is 19.7 Å². The second-order valence-corrected chi connectivity index (χ2v) is 6.58. The third kappa shape index (κ3) is 4.78. The summed E-state index contributed by atoms with van der Waals surface area (Å²) in [6, 6.07) is 10.8. The number of carbonyl (C=O) groups is 1. The van der Waals surface area contributed by atoms with Crippen LogP contribution in [-0.2, 0) is 0 Å². The predicted molar refractivity (Wildman–Crippen MR) is 104 cm³/mol. The molecule has 0 bridgehead atoms. The topological polar surface area (TPSA) is 79.8 Å². The average molecular weight is 371 g/mol. The lowest BCUT2D eigenvalue weighted by atomic mass is 10.1. The minimum absolute atomic E-state index is 0.110. The predicted octanol–water partition coefficient (Wildman–Crippen LogP) is 2.63. The van der Waals surface area contributed by atoms with Gasteiger partial charge in [0.1, 0.15) is 11.9 Å². The van der Waals surface area contributed by atoms with Gasteiger partial charge in [-0.2, -0.15) is 0 Å². The quantitative estimate of drug-likeness (QED) is 0.870. The molecule has 1 unspecified atom stereocenters. The number of piperidine rings is 1. The van der Waals surface area contributed by atoms with Crippen LogP contribution in [0.4, 0.5) is 16.3 Å². The lowest BCUT2D eigenvalue weighted by Crippen LogP contribution is -2.46. The van der Waals surface area contributed by atoms with E-state index in [2.05, 4.69) is 15.5 Å². The number of carbonyl (C=O) groups excluding carboxylic acids is 1. The highest BCUT2D eigenvalue weighted by molar-refractivity contribution is 5.91. The van der Waals surface area contributed by atoms with Crippen LogP contribution in [0, 0.1) is 0 Å². The Hall–Kier alpha value is -3.03. The van der Waals surface area contributed by atoms with Crippen LogP contribution in [0.3, 0.4) is 0 Å². The van der Waals surface area contributed by atoms with E-state index in [1.54, 1.807) is 18.1 Å². The highest BCUT2D eigenvalue weighted by Crippen LogP contribution is 2.24. The van der Waals surface area contributed by atoms with Crippen LogP contribution in [-0.4, -0.2) is 61.5 Å². The van der Waals surface area contributed by atoms with Crippen molar-refractivity contribution in [3.05, 3.63) is 36.4 Å². The molecule has 1 N–H and O–H groups in total. The number of benzene rings is 1. The van der Waals surface area contributed by atoms with Gasteiger partial charge in [-0.05, 0) is 31.0 Å². The van der Waals surface area contributed by atoms with Gasteiger partial charge in [-0.3, -0.25) is 0 Å². The molecule has 1 aliphatic rings. The van der Waals surface area contributed by atoms with Crippen molar-refractivity contribution in [1.82, 2.24) is 15.1 Å². The molecule has 1 atom stereocenters. The molecule has 2 amide bonds. The van der Waals surface area contributed by atoms with E-state index in [9.17, 15) is 4.79 Å². The Morgan fingerprint density at radius 1 is 1.22 bits per heavy atom. The number of hydrogen-bond acceptors (Lipinski definition) is 6. The molecular weight excluding hydrogens is 346 g/mol. The molecule has 3 rings (SSSR count). The summed E-state index contributed by atoms with van der Waals surface area (Å²) in [5.41, 5.74) is 0.651. The van der Waals surface area contributed by atoms with Crippen molar-refractivity contribution >= 4 is 17.5 Å². The number of urea groups is 1. The van der Waals surface area contributed by atoms with Crippen molar-refractivity contribution in [2.24, 2.45) is 0 Å². The van der Waals surface area contributed by atoms with Gasteiger partial charge in [0.15, 0.2) is 5.82 Å². The van der Waals surface area contributed by atoms with E-state index in [1.165, 1.54) is 0 Å². The first-order valence-corrected chi connectivity index (χ1v) is 8.93. The number of ether oxygens (including phenoxy) is 2. The summed E-state index contributed by atoms with van der Waals surface area (Å²) in [6.07, 6.45) is 1.63. The first-order chi connectivity index (χ1) is 13.1. The fourth-order valence-electron chi connectivity index (χ4n) is 2.95. The van der Waals surface area contributed by atoms with Gasteiger partial charge in [-0.15, -0.1) is 10.2 Å². The third-order valence-electron chi connectivity index (χ3n) is 4.39. The molecule has 1 aromatic heterocycles. The first kappa shape index (κ1) is 18.8. The van der Waals surface area contributed by atoms with Crippen LogP contribution >= 0.6 is 0 Å². The zero-order valence-electron chi connectivity index (χ0n) is 15.9. The normalized spacial score (nSPS) is 16.6. The summed E-state index contributed by atoms with van der Waals surface area (Å²) in [5, 5.41) is 11.1. The Balaban J connectivity index is 1.59. The van der Waals surface area contributed by atoms with E-state index in [-0.39, 0.29) is 12.1 Å². The highest BCUT2D eigenvalue weighted by Gasteiger charge is 2.26. The lowest BCUT2D eigenvalue weighted by Gasteiger charge is -2.32. The molecule has 144 valence electrons. The first-order valence-electron chi connectivity index (χ1n) is 8.93. The number of aromatic nitrogens is 2. The molecule has 27 heavy (non-hydrogen) atoms. The van der Waals surface area contributed by atoms with Gasteiger partial charge in [-0.1, -0.05) is 12.1 Å². The second-order valence-electron chi connectivity index (χ2n) is 6.58. The van der Waals surface area contributed by atoms with Crippen molar-refractivity contribution in [3.8, 4) is 11.6 Å². The highest BCUT2D eigenvalue weighted by atomic mass is 16.5. The number of para-hydroxylation sites is 2. The van der Waals surface area contributed by atoms with Crippen molar-refractivity contribution in [1.29, 1.82) is 0 Å². The zero-order valence-corrected chi connectivity index (χ0v) is 15.9. The smallest absolute Gasteiger partial charge is 0.322 e. The largest absolute Gasteiger partial charge is 0.495 e. The Bertz CT molecular complexity index is 766. The van der Waals surface area contributed by atoms with Crippen molar-refractivity contribution in [3.63, 3.8) is 0 Å². The van der Waals surface area contributed by atoms with Crippen molar-refractivity contribution in [2.45, 2.75) is 18.9 Å².